The van der Waals surface area contributed by atoms with Gasteiger partial charge in [-0.1, -0.05) is 13.8 Å². The first-order valence-corrected chi connectivity index (χ1v) is 8.05. The highest BCUT2D eigenvalue weighted by Crippen LogP contribution is 2.18. The highest BCUT2D eigenvalue weighted by atomic mass is 16.5. The van der Waals surface area contributed by atoms with Crippen molar-refractivity contribution in [1.82, 2.24) is 20.1 Å². The van der Waals surface area contributed by atoms with Gasteiger partial charge in [0, 0.05) is 25.6 Å². The average molecular weight is 280 g/mol. The first kappa shape index (κ1) is 15.4. The monoisotopic (exact) mass is 280 g/mol. The van der Waals surface area contributed by atoms with Gasteiger partial charge in [-0.15, -0.1) is 0 Å². The minimum Gasteiger partial charge on any atom is -0.378 e. The highest BCUT2D eigenvalue weighted by Gasteiger charge is 2.22. The van der Waals surface area contributed by atoms with Gasteiger partial charge in [-0.2, -0.15) is 5.10 Å². The standard InChI is InChI=1S/C15H28N4O/c1-3-7-16-13(10-14-6-5-9-20-14)11-15-17-12-18-19(15)8-4-2/h12-14,16H,3-11H2,1-2H3. The topological polar surface area (TPSA) is 52.0 Å². The summed E-state index contributed by atoms with van der Waals surface area (Å²) in [6.45, 7) is 7.31. The molecular formula is C15H28N4O. The van der Waals surface area contributed by atoms with E-state index in [4.69, 9.17) is 4.74 Å². The molecule has 2 heterocycles. The van der Waals surface area contributed by atoms with Crippen LogP contribution in [0.15, 0.2) is 6.33 Å². The van der Waals surface area contributed by atoms with Gasteiger partial charge in [0.05, 0.1) is 6.10 Å². The summed E-state index contributed by atoms with van der Waals surface area (Å²) < 4.78 is 7.82. The fourth-order valence-corrected chi connectivity index (χ4v) is 2.80. The Morgan fingerprint density at radius 2 is 2.35 bits per heavy atom. The van der Waals surface area contributed by atoms with Gasteiger partial charge in [0.15, 0.2) is 0 Å². The van der Waals surface area contributed by atoms with Crippen LogP contribution in [0.5, 0.6) is 0 Å². The lowest BCUT2D eigenvalue weighted by Crippen LogP contribution is -2.36. The molecule has 1 aliphatic rings. The van der Waals surface area contributed by atoms with Gasteiger partial charge in [-0.3, -0.25) is 4.68 Å². The summed E-state index contributed by atoms with van der Waals surface area (Å²) in [6.07, 6.45) is 8.78. The Balaban J connectivity index is 1.92. The van der Waals surface area contributed by atoms with Gasteiger partial charge in [0.1, 0.15) is 12.2 Å². The van der Waals surface area contributed by atoms with E-state index in [9.17, 15) is 0 Å². The zero-order chi connectivity index (χ0) is 14.2. The van der Waals surface area contributed by atoms with Gasteiger partial charge in [-0.25, -0.2) is 4.98 Å². The Morgan fingerprint density at radius 1 is 1.45 bits per heavy atom. The van der Waals surface area contributed by atoms with Crippen LogP contribution in [0.3, 0.4) is 0 Å². The zero-order valence-electron chi connectivity index (χ0n) is 12.8. The number of aromatic nitrogens is 3. The second-order valence-electron chi connectivity index (χ2n) is 5.63. The van der Waals surface area contributed by atoms with E-state index in [1.54, 1.807) is 6.33 Å². The molecule has 5 heteroatoms. The molecule has 1 aromatic heterocycles. The largest absolute Gasteiger partial charge is 0.378 e. The fourth-order valence-electron chi connectivity index (χ4n) is 2.80. The van der Waals surface area contributed by atoms with Crippen LogP contribution in [0.1, 0.15) is 51.8 Å². The predicted octanol–water partition coefficient (Wildman–Crippen LogP) is 2.17. The van der Waals surface area contributed by atoms with Crippen molar-refractivity contribution in [2.24, 2.45) is 0 Å². The quantitative estimate of drug-likeness (QED) is 0.753. The molecule has 1 aliphatic heterocycles. The van der Waals surface area contributed by atoms with E-state index in [2.05, 4.69) is 29.2 Å². The van der Waals surface area contributed by atoms with Crippen molar-refractivity contribution in [2.45, 2.75) is 71.1 Å². The van der Waals surface area contributed by atoms with Crippen molar-refractivity contribution in [3.05, 3.63) is 12.2 Å². The molecular weight excluding hydrogens is 252 g/mol. The van der Waals surface area contributed by atoms with Crippen LogP contribution in [0, 0.1) is 0 Å². The summed E-state index contributed by atoms with van der Waals surface area (Å²) in [6, 6.07) is 0.442. The van der Waals surface area contributed by atoms with Gasteiger partial charge >= 0.3 is 0 Å². The summed E-state index contributed by atoms with van der Waals surface area (Å²) in [5.74, 6) is 1.10. The molecule has 0 bridgehead atoms. The predicted molar refractivity (Wildman–Crippen MR) is 79.7 cm³/mol. The zero-order valence-corrected chi connectivity index (χ0v) is 12.8. The smallest absolute Gasteiger partial charge is 0.138 e. The SMILES string of the molecule is CCCNC(Cc1ncnn1CCC)CC1CCCO1. The van der Waals surface area contributed by atoms with Gasteiger partial charge in [0.2, 0.25) is 0 Å². The van der Waals surface area contributed by atoms with Gasteiger partial charge in [-0.05, 0) is 38.6 Å². The first-order chi connectivity index (χ1) is 9.83. The maximum Gasteiger partial charge on any atom is 0.138 e. The molecule has 0 aliphatic carbocycles. The Hall–Kier alpha value is -0.940. The van der Waals surface area contributed by atoms with E-state index in [0.29, 0.717) is 12.1 Å². The normalized spacial score (nSPS) is 20.4. The maximum absolute atomic E-state index is 5.78. The fraction of sp³-hybridized carbons (Fsp3) is 0.867. The third-order valence-corrected chi connectivity index (χ3v) is 3.81. The number of hydrogen-bond donors (Lipinski definition) is 1. The van der Waals surface area contributed by atoms with Crippen molar-refractivity contribution in [1.29, 1.82) is 0 Å². The van der Waals surface area contributed by atoms with E-state index in [1.165, 1.54) is 12.8 Å². The van der Waals surface area contributed by atoms with E-state index in [1.807, 2.05) is 4.68 Å². The lowest BCUT2D eigenvalue weighted by molar-refractivity contribution is 0.0942. The van der Waals surface area contributed by atoms with E-state index >= 15 is 0 Å². The van der Waals surface area contributed by atoms with Crippen LogP contribution >= 0.6 is 0 Å². The van der Waals surface area contributed by atoms with Gasteiger partial charge < -0.3 is 10.1 Å². The van der Waals surface area contributed by atoms with Crippen molar-refractivity contribution < 1.29 is 4.74 Å². The minimum absolute atomic E-state index is 0.423. The molecule has 0 saturated carbocycles. The summed E-state index contributed by atoms with van der Waals surface area (Å²) in [5, 5.41) is 7.96. The lowest BCUT2D eigenvalue weighted by Gasteiger charge is -2.21. The number of aryl methyl sites for hydroxylation is 1. The van der Waals surface area contributed by atoms with Crippen LogP contribution in [-0.2, 0) is 17.7 Å². The second kappa shape index (κ2) is 8.37. The number of ether oxygens (including phenoxy) is 1. The van der Waals surface area contributed by atoms with E-state index < -0.39 is 0 Å². The molecule has 114 valence electrons. The minimum atomic E-state index is 0.423. The van der Waals surface area contributed by atoms with Crippen molar-refractivity contribution in [3.63, 3.8) is 0 Å². The van der Waals surface area contributed by atoms with Crippen molar-refractivity contribution >= 4 is 0 Å². The number of nitrogens with zero attached hydrogens (tertiary/aromatic N) is 3. The molecule has 2 unspecified atom stereocenters. The summed E-state index contributed by atoms with van der Waals surface area (Å²) in [5.41, 5.74) is 0. The lowest BCUT2D eigenvalue weighted by atomic mass is 10.0. The van der Waals surface area contributed by atoms with Crippen LogP contribution in [0.2, 0.25) is 0 Å². The Kier molecular flexibility index (Phi) is 6.47. The Morgan fingerprint density at radius 3 is 3.05 bits per heavy atom. The molecule has 1 fully saturated rings. The molecule has 5 nitrogen and oxygen atoms in total. The number of hydrogen-bond acceptors (Lipinski definition) is 4. The van der Waals surface area contributed by atoms with E-state index in [0.717, 1.165) is 51.2 Å². The molecule has 0 radical (unpaired) electrons. The van der Waals surface area contributed by atoms with E-state index in [-0.39, 0.29) is 0 Å². The third-order valence-electron chi connectivity index (χ3n) is 3.81. The molecule has 0 aromatic carbocycles. The third kappa shape index (κ3) is 4.56. The molecule has 2 rings (SSSR count). The molecule has 0 spiro atoms. The highest BCUT2D eigenvalue weighted by molar-refractivity contribution is 4.91. The first-order valence-electron chi connectivity index (χ1n) is 8.05. The van der Waals surface area contributed by atoms with Crippen LogP contribution in [-0.4, -0.2) is 40.1 Å². The molecule has 1 saturated heterocycles. The van der Waals surface area contributed by atoms with Crippen LogP contribution in [0.4, 0.5) is 0 Å². The van der Waals surface area contributed by atoms with Crippen molar-refractivity contribution in [3.8, 4) is 0 Å². The molecule has 1 aromatic rings. The summed E-state index contributed by atoms with van der Waals surface area (Å²) >= 11 is 0. The molecule has 20 heavy (non-hydrogen) atoms. The van der Waals surface area contributed by atoms with Crippen LogP contribution < -0.4 is 5.32 Å². The Bertz CT molecular complexity index is 374. The molecule has 1 N–H and O–H groups in total. The average Bonchev–Trinajstić information content (AvgIpc) is 3.09. The number of rotatable bonds is 9. The van der Waals surface area contributed by atoms with Gasteiger partial charge in [0.25, 0.3) is 0 Å². The maximum atomic E-state index is 5.78. The molecule has 0 amide bonds. The summed E-state index contributed by atoms with van der Waals surface area (Å²) in [4.78, 5) is 4.43. The second-order valence-corrected chi connectivity index (χ2v) is 5.63. The van der Waals surface area contributed by atoms with Crippen molar-refractivity contribution in [2.75, 3.05) is 13.2 Å². The number of nitrogens with one attached hydrogen (secondary N) is 1. The molecule has 2 atom stereocenters. The summed E-state index contributed by atoms with van der Waals surface area (Å²) in [7, 11) is 0. The van der Waals surface area contributed by atoms with Crippen LogP contribution in [0.25, 0.3) is 0 Å². The Labute approximate surface area is 122 Å².